The molecule has 0 saturated carbocycles. The van der Waals surface area contributed by atoms with Crippen molar-refractivity contribution in [3.8, 4) is 17.2 Å². The lowest BCUT2D eigenvalue weighted by Crippen LogP contribution is -2.20. The second-order valence-electron chi connectivity index (χ2n) is 8.44. The van der Waals surface area contributed by atoms with E-state index >= 15 is 0 Å². The summed E-state index contributed by atoms with van der Waals surface area (Å²) < 4.78 is 11.7. The Labute approximate surface area is 198 Å². The number of carbonyl (C=O) groups excluding carboxylic acids is 1. The van der Waals surface area contributed by atoms with Crippen LogP contribution in [-0.2, 0) is 4.79 Å². The number of aromatic nitrogens is 1. The number of nitrogens with zero attached hydrogens (tertiary/aromatic N) is 1. The average Bonchev–Trinajstić information content (AvgIpc) is 3.30. The Bertz CT molecular complexity index is 1450. The van der Waals surface area contributed by atoms with Gasteiger partial charge in [0.25, 0.3) is 5.91 Å². The minimum Gasteiger partial charge on any atom is -0.484 e. The van der Waals surface area contributed by atoms with Gasteiger partial charge in [-0.2, -0.15) is 0 Å². The Balaban J connectivity index is 1.28. The van der Waals surface area contributed by atoms with E-state index in [1.807, 2.05) is 60.7 Å². The van der Waals surface area contributed by atoms with E-state index < -0.39 is 0 Å². The molecule has 0 aliphatic carbocycles. The number of oxazole rings is 1. The van der Waals surface area contributed by atoms with E-state index in [1.54, 1.807) is 6.07 Å². The van der Waals surface area contributed by atoms with Crippen molar-refractivity contribution >= 4 is 33.5 Å². The van der Waals surface area contributed by atoms with Gasteiger partial charge in [-0.15, -0.1) is 0 Å². The fourth-order valence-corrected chi connectivity index (χ4v) is 4.01. The van der Waals surface area contributed by atoms with Crippen molar-refractivity contribution in [1.29, 1.82) is 0 Å². The van der Waals surface area contributed by atoms with Crippen LogP contribution in [0.25, 0.3) is 33.3 Å². The first-order chi connectivity index (χ1) is 16.6. The maximum absolute atomic E-state index is 12.4. The average molecular weight is 451 g/mol. The molecule has 5 rings (SSSR count). The highest BCUT2D eigenvalue weighted by Gasteiger charge is 2.13. The quantitative estimate of drug-likeness (QED) is 0.285. The molecule has 1 heterocycles. The van der Waals surface area contributed by atoms with E-state index in [9.17, 15) is 4.79 Å². The molecule has 0 aliphatic heterocycles. The Hall–Kier alpha value is -4.12. The minimum atomic E-state index is -0.233. The van der Waals surface area contributed by atoms with Gasteiger partial charge in [0.1, 0.15) is 11.3 Å². The zero-order chi connectivity index (χ0) is 23.5. The van der Waals surface area contributed by atoms with Crippen LogP contribution in [-0.4, -0.2) is 17.5 Å². The van der Waals surface area contributed by atoms with E-state index in [1.165, 1.54) is 5.56 Å². The van der Waals surface area contributed by atoms with Crippen LogP contribution in [0.3, 0.4) is 0 Å². The second-order valence-corrected chi connectivity index (χ2v) is 8.44. The van der Waals surface area contributed by atoms with E-state index in [4.69, 9.17) is 9.15 Å². The monoisotopic (exact) mass is 450 g/mol. The molecule has 4 aromatic carbocycles. The molecule has 1 amide bonds. The molecule has 170 valence electrons. The third kappa shape index (κ3) is 4.50. The lowest BCUT2D eigenvalue weighted by atomic mass is 9.99. The summed E-state index contributed by atoms with van der Waals surface area (Å²) >= 11 is 0. The number of fused-ring (bicyclic) bond motifs is 2. The predicted octanol–water partition coefficient (Wildman–Crippen LogP) is 7.18. The van der Waals surface area contributed by atoms with Gasteiger partial charge in [0.15, 0.2) is 12.2 Å². The number of nitrogens with one attached hydrogen (secondary N) is 1. The number of benzene rings is 4. The van der Waals surface area contributed by atoms with Crippen molar-refractivity contribution in [3.05, 3.63) is 90.5 Å². The van der Waals surface area contributed by atoms with Gasteiger partial charge in [-0.05, 0) is 65.1 Å². The fraction of sp³-hybridized carbons (Fsp3) is 0.172. The van der Waals surface area contributed by atoms with Crippen LogP contribution < -0.4 is 10.1 Å². The molecule has 0 radical (unpaired) electrons. The molecule has 5 aromatic rings. The number of hydrogen-bond acceptors (Lipinski definition) is 4. The number of ether oxygens (including phenoxy) is 1. The van der Waals surface area contributed by atoms with Gasteiger partial charge in [0.2, 0.25) is 5.89 Å². The molecule has 0 bridgehead atoms. The van der Waals surface area contributed by atoms with Crippen molar-refractivity contribution < 1.29 is 13.9 Å². The van der Waals surface area contributed by atoms with Gasteiger partial charge in [0, 0.05) is 11.3 Å². The van der Waals surface area contributed by atoms with Crippen LogP contribution >= 0.6 is 0 Å². The van der Waals surface area contributed by atoms with E-state index in [-0.39, 0.29) is 12.5 Å². The summed E-state index contributed by atoms with van der Waals surface area (Å²) in [6.45, 7) is 4.29. The molecule has 1 N–H and O–H groups in total. The predicted molar refractivity (Wildman–Crippen MR) is 136 cm³/mol. The smallest absolute Gasteiger partial charge is 0.262 e. The molecule has 1 aromatic heterocycles. The highest BCUT2D eigenvalue weighted by atomic mass is 16.5. The van der Waals surface area contributed by atoms with Crippen molar-refractivity contribution in [1.82, 2.24) is 4.98 Å². The SMILES string of the molecule is CCC(C)c1ccc(OCC(=O)Nc2ccc3oc(-c4cccc5ccccc45)nc3c2)cc1. The Morgan fingerprint density at radius 3 is 2.62 bits per heavy atom. The van der Waals surface area contributed by atoms with Crippen LogP contribution in [0.4, 0.5) is 5.69 Å². The maximum atomic E-state index is 12.4. The van der Waals surface area contributed by atoms with Crippen molar-refractivity contribution in [2.45, 2.75) is 26.2 Å². The Morgan fingerprint density at radius 2 is 1.79 bits per heavy atom. The summed E-state index contributed by atoms with van der Waals surface area (Å²) in [7, 11) is 0. The van der Waals surface area contributed by atoms with Crippen molar-refractivity contribution in [2.24, 2.45) is 0 Å². The van der Waals surface area contributed by atoms with Crippen LogP contribution in [0.1, 0.15) is 31.7 Å². The molecule has 5 nitrogen and oxygen atoms in total. The molecular formula is C29H26N2O3. The molecule has 0 spiro atoms. The number of amides is 1. The van der Waals surface area contributed by atoms with E-state index in [0.29, 0.717) is 34.3 Å². The highest BCUT2D eigenvalue weighted by Crippen LogP contribution is 2.31. The first-order valence-corrected chi connectivity index (χ1v) is 11.5. The standard InChI is InChI=1S/C29H26N2O3/c1-3-19(2)20-11-14-23(15-12-20)33-18-28(32)30-22-13-16-27-26(17-22)31-29(34-27)25-10-6-8-21-7-4-5-9-24(21)25/h4-17,19H,3,18H2,1-2H3,(H,30,32). The summed E-state index contributed by atoms with van der Waals surface area (Å²) in [4.78, 5) is 17.1. The molecule has 0 saturated heterocycles. The molecule has 1 atom stereocenters. The fourth-order valence-electron chi connectivity index (χ4n) is 4.01. The van der Waals surface area contributed by atoms with Gasteiger partial charge < -0.3 is 14.5 Å². The van der Waals surface area contributed by atoms with Gasteiger partial charge in [-0.25, -0.2) is 4.98 Å². The third-order valence-corrected chi connectivity index (χ3v) is 6.12. The molecule has 0 aliphatic rings. The van der Waals surface area contributed by atoms with Crippen LogP contribution in [0, 0.1) is 0 Å². The Morgan fingerprint density at radius 1 is 1.00 bits per heavy atom. The summed E-state index contributed by atoms with van der Waals surface area (Å²) in [5, 5.41) is 5.09. The second kappa shape index (κ2) is 9.40. The summed E-state index contributed by atoms with van der Waals surface area (Å²) in [6, 6.07) is 27.6. The van der Waals surface area contributed by atoms with Gasteiger partial charge in [-0.1, -0.05) is 62.4 Å². The van der Waals surface area contributed by atoms with Crippen LogP contribution in [0.5, 0.6) is 5.75 Å². The van der Waals surface area contributed by atoms with E-state index in [2.05, 4.69) is 42.3 Å². The lowest BCUT2D eigenvalue weighted by Gasteiger charge is -2.11. The van der Waals surface area contributed by atoms with Gasteiger partial charge in [-0.3, -0.25) is 4.79 Å². The topological polar surface area (TPSA) is 64.4 Å². The van der Waals surface area contributed by atoms with Gasteiger partial charge in [0.05, 0.1) is 0 Å². The summed E-state index contributed by atoms with van der Waals surface area (Å²) in [5.74, 6) is 1.50. The molecule has 0 fully saturated rings. The lowest BCUT2D eigenvalue weighted by molar-refractivity contribution is -0.118. The first kappa shape index (κ1) is 21.7. The number of hydrogen-bond donors (Lipinski definition) is 1. The largest absolute Gasteiger partial charge is 0.484 e. The van der Waals surface area contributed by atoms with Crippen LogP contribution in [0.2, 0.25) is 0 Å². The molecule has 5 heteroatoms. The first-order valence-electron chi connectivity index (χ1n) is 11.5. The highest BCUT2D eigenvalue weighted by molar-refractivity contribution is 5.97. The van der Waals surface area contributed by atoms with E-state index in [0.717, 1.165) is 22.8 Å². The van der Waals surface area contributed by atoms with Crippen LogP contribution in [0.15, 0.2) is 89.3 Å². The normalized spacial score (nSPS) is 12.1. The molecular weight excluding hydrogens is 424 g/mol. The Kier molecular flexibility index (Phi) is 6.00. The van der Waals surface area contributed by atoms with Crippen molar-refractivity contribution in [3.63, 3.8) is 0 Å². The van der Waals surface area contributed by atoms with Crippen molar-refractivity contribution in [2.75, 3.05) is 11.9 Å². The summed E-state index contributed by atoms with van der Waals surface area (Å²) in [5.41, 5.74) is 4.20. The molecule has 34 heavy (non-hydrogen) atoms. The minimum absolute atomic E-state index is 0.0687. The maximum Gasteiger partial charge on any atom is 0.262 e. The van der Waals surface area contributed by atoms with Gasteiger partial charge >= 0.3 is 0 Å². The zero-order valence-electron chi connectivity index (χ0n) is 19.2. The third-order valence-electron chi connectivity index (χ3n) is 6.12. The number of carbonyl (C=O) groups is 1. The number of anilines is 1. The number of rotatable bonds is 7. The molecule has 1 unspecified atom stereocenters. The zero-order valence-corrected chi connectivity index (χ0v) is 19.2. The summed E-state index contributed by atoms with van der Waals surface area (Å²) in [6.07, 6.45) is 1.09.